The van der Waals surface area contributed by atoms with E-state index in [0.717, 1.165) is 25.7 Å². The average molecular weight is 376 g/mol. The van der Waals surface area contributed by atoms with E-state index < -0.39 is 10.0 Å². The lowest BCUT2D eigenvalue weighted by Gasteiger charge is -2.26. The Bertz CT molecular complexity index is 626. The van der Waals surface area contributed by atoms with Crippen LogP contribution < -0.4 is 15.8 Å². The zero-order valence-corrected chi connectivity index (χ0v) is 15.5. The van der Waals surface area contributed by atoms with Crippen LogP contribution in [0, 0.1) is 0 Å². The average Bonchev–Trinajstić information content (AvgIpc) is 2.49. The molecule has 136 valence electrons. The number of carbonyl (C=O) groups is 1. The summed E-state index contributed by atoms with van der Waals surface area (Å²) in [5, 5.41) is 3.01. The first-order chi connectivity index (χ1) is 10.9. The Morgan fingerprint density at radius 2 is 1.75 bits per heavy atom. The lowest BCUT2D eigenvalue weighted by molar-refractivity contribution is 0.0926. The summed E-state index contributed by atoms with van der Waals surface area (Å²) >= 11 is 0. The molecule has 24 heavy (non-hydrogen) atoms. The highest BCUT2D eigenvalue weighted by molar-refractivity contribution is 7.92. The number of nitrogens with one attached hydrogen (secondary N) is 2. The molecule has 0 heterocycles. The van der Waals surface area contributed by atoms with Crippen molar-refractivity contribution in [3.63, 3.8) is 0 Å². The fourth-order valence-electron chi connectivity index (χ4n) is 2.72. The first-order valence-electron chi connectivity index (χ1n) is 8.06. The van der Waals surface area contributed by atoms with Crippen molar-refractivity contribution < 1.29 is 13.2 Å². The van der Waals surface area contributed by atoms with Crippen LogP contribution in [0.4, 0.5) is 5.69 Å². The van der Waals surface area contributed by atoms with Crippen molar-refractivity contribution in [2.24, 2.45) is 5.73 Å². The summed E-state index contributed by atoms with van der Waals surface area (Å²) in [5.74, 6) is -0.0487. The molecule has 0 unspecified atom stereocenters. The monoisotopic (exact) mass is 375 g/mol. The third-order valence-corrected chi connectivity index (χ3v) is 5.49. The number of hydrogen-bond acceptors (Lipinski definition) is 4. The minimum atomic E-state index is -3.31. The number of rotatable bonds is 6. The van der Waals surface area contributed by atoms with Crippen molar-refractivity contribution in [2.75, 3.05) is 10.5 Å². The number of benzene rings is 1. The molecule has 1 aliphatic carbocycles. The molecular weight excluding hydrogens is 350 g/mol. The second-order valence-electron chi connectivity index (χ2n) is 6.08. The van der Waals surface area contributed by atoms with Gasteiger partial charge < -0.3 is 11.1 Å². The van der Waals surface area contributed by atoms with Crippen molar-refractivity contribution in [1.29, 1.82) is 0 Å². The van der Waals surface area contributed by atoms with Gasteiger partial charge in [-0.15, -0.1) is 12.4 Å². The molecule has 1 aliphatic rings. The molecular formula is C16H26ClN3O3S. The number of halogens is 1. The van der Waals surface area contributed by atoms with E-state index in [1.165, 1.54) is 0 Å². The van der Waals surface area contributed by atoms with E-state index in [2.05, 4.69) is 10.0 Å². The Morgan fingerprint density at radius 1 is 1.17 bits per heavy atom. The molecule has 0 spiro atoms. The lowest BCUT2D eigenvalue weighted by Crippen LogP contribution is -2.40. The minimum absolute atomic E-state index is 0. The Hall–Kier alpha value is -1.31. The zero-order valence-electron chi connectivity index (χ0n) is 13.8. The van der Waals surface area contributed by atoms with Gasteiger partial charge in [-0.05, 0) is 56.4 Å². The predicted octanol–water partition coefficient (Wildman–Crippen LogP) is 2.26. The van der Waals surface area contributed by atoms with Gasteiger partial charge in [-0.25, -0.2) is 8.42 Å². The van der Waals surface area contributed by atoms with Gasteiger partial charge in [0.25, 0.3) is 5.91 Å². The topological polar surface area (TPSA) is 101 Å². The van der Waals surface area contributed by atoms with Crippen molar-refractivity contribution in [1.82, 2.24) is 5.32 Å². The molecule has 0 saturated heterocycles. The second-order valence-corrected chi connectivity index (χ2v) is 7.93. The Morgan fingerprint density at radius 3 is 2.29 bits per heavy atom. The molecule has 1 aromatic carbocycles. The molecule has 1 aromatic rings. The maximum atomic E-state index is 12.2. The van der Waals surface area contributed by atoms with E-state index >= 15 is 0 Å². The summed E-state index contributed by atoms with van der Waals surface area (Å²) in [4.78, 5) is 12.2. The minimum Gasteiger partial charge on any atom is -0.349 e. The van der Waals surface area contributed by atoms with E-state index in [9.17, 15) is 13.2 Å². The Labute approximate surface area is 150 Å². The molecule has 0 radical (unpaired) electrons. The van der Waals surface area contributed by atoms with E-state index in [1.807, 2.05) is 6.92 Å². The summed E-state index contributed by atoms with van der Waals surface area (Å²) in [5.41, 5.74) is 6.86. The standard InChI is InChI=1S/C16H25N3O3S.ClH/c1-2-11-23(21,22)19-15-7-3-12(4-8-15)16(20)18-14-9-5-13(17)6-10-14;/h3-4,7-8,13-14,19H,2,5-6,9-11,17H2,1H3,(H,18,20);1H. The van der Waals surface area contributed by atoms with Gasteiger partial charge in [0.2, 0.25) is 10.0 Å². The van der Waals surface area contributed by atoms with Crippen LogP contribution in [0.1, 0.15) is 49.4 Å². The molecule has 0 bridgehead atoms. The van der Waals surface area contributed by atoms with Gasteiger partial charge >= 0.3 is 0 Å². The molecule has 0 aliphatic heterocycles. The molecule has 1 saturated carbocycles. The van der Waals surface area contributed by atoms with Gasteiger partial charge in [0, 0.05) is 23.3 Å². The van der Waals surface area contributed by atoms with E-state index in [-0.39, 0.29) is 36.2 Å². The number of anilines is 1. The lowest BCUT2D eigenvalue weighted by atomic mass is 9.91. The van der Waals surface area contributed by atoms with Crippen LogP contribution >= 0.6 is 12.4 Å². The maximum absolute atomic E-state index is 12.2. The fourth-order valence-corrected chi connectivity index (χ4v) is 3.86. The highest BCUT2D eigenvalue weighted by Gasteiger charge is 2.20. The van der Waals surface area contributed by atoms with Gasteiger partial charge in [0.1, 0.15) is 0 Å². The summed E-state index contributed by atoms with van der Waals surface area (Å²) in [6, 6.07) is 6.91. The van der Waals surface area contributed by atoms with Crippen LogP contribution in [-0.4, -0.2) is 32.2 Å². The Balaban J connectivity index is 0.00000288. The van der Waals surface area contributed by atoms with Crippen LogP contribution in [0.3, 0.4) is 0 Å². The van der Waals surface area contributed by atoms with Crippen LogP contribution in [-0.2, 0) is 10.0 Å². The van der Waals surface area contributed by atoms with E-state index in [4.69, 9.17) is 5.73 Å². The van der Waals surface area contributed by atoms with Crippen molar-refractivity contribution in [3.05, 3.63) is 29.8 Å². The fraction of sp³-hybridized carbons (Fsp3) is 0.562. The summed E-state index contributed by atoms with van der Waals surface area (Å²) in [6.45, 7) is 1.81. The highest BCUT2D eigenvalue weighted by Crippen LogP contribution is 2.18. The first-order valence-corrected chi connectivity index (χ1v) is 9.72. The summed E-state index contributed by atoms with van der Waals surface area (Å²) < 4.78 is 25.9. The number of carbonyl (C=O) groups excluding carboxylic acids is 1. The van der Waals surface area contributed by atoms with E-state index in [0.29, 0.717) is 17.7 Å². The Kier molecular flexibility index (Phi) is 7.99. The third kappa shape index (κ3) is 6.30. The molecule has 6 nitrogen and oxygen atoms in total. The normalized spacial score (nSPS) is 20.8. The summed E-state index contributed by atoms with van der Waals surface area (Å²) in [6.07, 6.45) is 4.23. The van der Waals surface area contributed by atoms with E-state index in [1.54, 1.807) is 24.3 Å². The third-order valence-electron chi connectivity index (χ3n) is 4.00. The number of nitrogens with two attached hydrogens (primary N) is 1. The SMILES string of the molecule is CCCS(=O)(=O)Nc1ccc(C(=O)NC2CCC(N)CC2)cc1.Cl. The highest BCUT2D eigenvalue weighted by atomic mass is 35.5. The van der Waals surface area contributed by atoms with Crippen molar-refractivity contribution in [3.8, 4) is 0 Å². The predicted molar refractivity (Wildman–Crippen MR) is 99.1 cm³/mol. The molecule has 1 fully saturated rings. The van der Waals surface area contributed by atoms with Crippen LogP contribution in [0.2, 0.25) is 0 Å². The van der Waals surface area contributed by atoms with Crippen LogP contribution in [0.15, 0.2) is 24.3 Å². The zero-order chi connectivity index (χ0) is 16.9. The van der Waals surface area contributed by atoms with Gasteiger partial charge in [0.05, 0.1) is 5.75 Å². The quantitative estimate of drug-likeness (QED) is 0.709. The molecule has 4 N–H and O–H groups in total. The van der Waals surface area contributed by atoms with Gasteiger partial charge in [0.15, 0.2) is 0 Å². The molecule has 1 amide bonds. The van der Waals surface area contributed by atoms with Gasteiger partial charge in [-0.2, -0.15) is 0 Å². The van der Waals surface area contributed by atoms with Gasteiger partial charge in [-0.1, -0.05) is 6.92 Å². The van der Waals surface area contributed by atoms with Crippen molar-refractivity contribution in [2.45, 2.75) is 51.1 Å². The van der Waals surface area contributed by atoms with Gasteiger partial charge in [-0.3, -0.25) is 9.52 Å². The number of sulfonamides is 1. The summed E-state index contributed by atoms with van der Waals surface area (Å²) in [7, 11) is -3.31. The molecule has 0 aromatic heterocycles. The van der Waals surface area contributed by atoms with Crippen molar-refractivity contribution >= 4 is 34.0 Å². The van der Waals surface area contributed by atoms with Crippen LogP contribution in [0.5, 0.6) is 0 Å². The largest absolute Gasteiger partial charge is 0.349 e. The maximum Gasteiger partial charge on any atom is 0.251 e. The smallest absolute Gasteiger partial charge is 0.251 e. The molecule has 2 rings (SSSR count). The van der Waals surface area contributed by atoms with Crippen LogP contribution in [0.25, 0.3) is 0 Å². The molecule has 8 heteroatoms. The number of amides is 1. The second kappa shape index (κ2) is 9.25. The number of hydrogen-bond donors (Lipinski definition) is 3. The first kappa shape index (κ1) is 20.7. The molecule has 0 atom stereocenters.